The Kier molecular flexibility index (Phi) is 5.91. The molecule has 0 bridgehead atoms. The third-order valence-electron chi connectivity index (χ3n) is 3.87. The summed E-state index contributed by atoms with van der Waals surface area (Å²) in [4.78, 5) is 23.3. The van der Waals surface area contributed by atoms with Gasteiger partial charge in [-0.25, -0.2) is 4.79 Å². The van der Waals surface area contributed by atoms with Crippen LogP contribution in [0.4, 0.5) is 10.5 Å². The molecule has 0 aliphatic rings. The summed E-state index contributed by atoms with van der Waals surface area (Å²) >= 11 is 0. The highest BCUT2D eigenvalue weighted by atomic mass is 16.5. The van der Waals surface area contributed by atoms with Crippen LogP contribution in [0.5, 0.6) is 5.75 Å². The molecular weight excluding hydrogens is 360 g/mol. The summed E-state index contributed by atoms with van der Waals surface area (Å²) in [5, 5.41) is 9.26. The van der Waals surface area contributed by atoms with Gasteiger partial charge < -0.3 is 15.2 Å². The van der Waals surface area contributed by atoms with E-state index in [2.05, 4.69) is 15.5 Å². The molecule has 144 valence electrons. The van der Waals surface area contributed by atoms with Crippen molar-refractivity contribution in [3.63, 3.8) is 0 Å². The number of nitrogens with one attached hydrogen (secondary N) is 2. The minimum atomic E-state index is -0.638. The number of hydrogen-bond donors (Lipinski definition) is 3. The molecule has 0 aliphatic carbocycles. The first-order valence-corrected chi connectivity index (χ1v) is 8.55. The van der Waals surface area contributed by atoms with Gasteiger partial charge in [0.25, 0.3) is 5.91 Å². The van der Waals surface area contributed by atoms with Gasteiger partial charge >= 0.3 is 6.09 Å². The number of rotatable bonds is 7. The number of nitrogens with two attached hydrogens (primary N) is 1. The highest BCUT2D eigenvalue weighted by molar-refractivity contribution is 5.88. The van der Waals surface area contributed by atoms with Crippen molar-refractivity contribution in [1.29, 1.82) is 0 Å². The second kappa shape index (κ2) is 8.72. The number of nitrogens with zero attached hydrogens (tertiary/aromatic N) is 1. The fourth-order valence-electron chi connectivity index (χ4n) is 2.58. The monoisotopic (exact) mass is 380 g/mol. The van der Waals surface area contributed by atoms with Crippen molar-refractivity contribution in [1.82, 2.24) is 10.2 Å². The molecule has 28 heavy (non-hydrogen) atoms. The van der Waals surface area contributed by atoms with Crippen LogP contribution in [-0.4, -0.2) is 28.8 Å². The van der Waals surface area contributed by atoms with Gasteiger partial charge in [-0.15, -0.1) is 0 Å². The molecule has 8 heteroatoms. The van der Waals surface area contributed by atoms with Gasteiger partial charge in [0.15, 0.2) is 6.61 Å². The third kappa shape index (κ3) is 5.10. The Balaban J connectivity index is 1.71. The maximum Gasteiger partial charge on any atom is 0.412 e. The molecule has 1 aromatic heterocycles. The SMILES string of the molecule is Cc1cccc(COC(=O)Nc2ccc(-c3cn[nH]c3)cc2OCC(N)=O)c1. The number of benzene rings is 2. The van der Waals surface area contributed by atoms with Gasteiger partial charge in [0.05, 0.1) is 11.9 Å². The number of primary amides is 1. The van der Waals surface area contributed by atoms with Gasteiger partial charge in [-0.2, -0.15) is 5.10 Å². The van der Waals surface area contributed by atoms with Gasteiger partial charge in [0, 0.05) is 11.8 Å². The third-order valence-corrected chi connectivity index (χ3v) is 3.87. The van der Waals surface area contributed by atoms with E-state index in [9.17, 15) is 9.59 Å². The number of carbonyl (C=O) groups is 2. The van der Waals surface area contributed by atoms with E-state index in [-0.39, 0.29) is 13.2 Å². The van der Waals surface area contributed by atoms with E-state index in [1.54, 1.807) is 30.6 Å². The molecule has 0 atom stereocenters. The lowest BCUT2D eigenvalue weighted by molar-refractivity contribution is -0.119. The predicted molar refractivity (Wildman–Crippen MR) is 104 cm³/mol. The number of H-pyrrole nitrogens is 1. The standard InChI is InChI=1S/C20H20N4O4/c1-13-3-2-4-14(7-13)11-28-20(26)24-17-6-5-15(16-9-22-23-10-16)8-18(17)27-12-19(21)25/h2-10H,11-12H2,1H3,(H2,21,25)(H,22,23)(H,24,26). The number of aromatic amines is 1. The van der Waals surface area contributed by atoms with Crippen LogP contribution < -0.4 is 15.8 Å². The molecule has 0 spiro atoms. The largest absolute Gasteiger partial charge is 0.482 e. The Morgan fingerprint density at radius 2 is 2.04 bits per heavy atom. The summed E-state index contributed by atoms with van der Waals surface area (Å²) in [7, 11) is 0. The maximum absolute atomic E-state index is 12.2. The normalized spacial score (nSPS) is 10.3. The zero-order valence-corrected chi connectivity index (χ0v) is 15.3. The molecule has 0 fully saturated rings. The maximum atomic E-state index is 12.2. The molecule has 0 unspecified atom stereocenters. The van der Waals surface area contributed by atoms with Crippen LogP contribution in [0.25, 0.3) is 11.1 Å². The van der Waals surface area contributed by atoms with Gasteiger partial charge in [0.1, 0.15) is 12.4 Å². The van der Waals surface area contributed by atoms with Gasteiger partial charge in [0.2, 0.25) is 0 Å². The fraction of sp³-hybridized carbons (Fsp3) is 0.150. The molecule has 2 aromatic carbocycles. The number of hydrogen-bond acceptors (Lipinski definition) is 5. The fourth-order valence-corrected chi connectivity index (χ4v) is 2.58. The number of anilines is 1. The van der Waals surface area contributed by atoms with E-state index in [4.69, 9.17) is 15.2 Å². The average Bonchev–Trinajstić information content (AvgIpc) is 3.20. The number of amides is 2. The molecule has 3 rings (SSSR count). The number of aryl methyl sites for hydroxylation is 1. The Morgan fingerprint density at radius 1 is 1.18 bits per heavy atom. The molecule has 0 saturated heterocycles. The van der Waals surface area contributed by atoms with E-state index < -0.39 is 12.0 Å². The number of carbonyl (C=O) groups excluding carboxylic acids is 2. The molecule has 0 radical (unpaired) electrons. The zero-order chi connectivity index (χ0) is 19.9. The van der Waals surface area contributed by atoms with E-state index in [0.717, 1.165) is 22.3 Å². The van der Waals surface area contributed by atoms with Crippen LogP contribution >= 0.6 is 0 Å². The minimum Gasteiger partial charge on any atom is -0.482 e. The van der Waals surface area contributed by atoms with Crippen LogP contribution in [0.15, 0.2) is 54.9 Å². The molecule has 0 aliphatic heterocycles. The van der Waals surface area contributed by atoms with Crippen molar-refractivity contribution in [3.8, 4) is 16.9 Å². The lowest BCUT2D eigenvalue weighted by Crippen LogP contribution is -2.21. The average molecular weight is 380 g/mol. The smallest absolute Gasteiger partial charge is 0.412 e. The minimum absolute atomic E-state index is 0.137. The summed E-state index contributed by atoms with van der Waals surface area (Å²) in [6.45, 7) is 1.79. The summed E-state index contributed by atoms with van der Waals surface area (Å²) < 4.78 is 10.7. The summed E-state index contributed by atoms with van der Waals surface area (Å²) in [5.41, 5.74) is 9.12. The van der Waals surface area contributed by atoms with Crippen LogP contribution in [0, 0.1) is 6.92 Å². The first kappa shape index (κ1) is 19.0. The quantitative estimate of drug-likeness (QED) is 0.582. The Morgan fingerprint density at radius 3 is 2.75 bits per heavy atom. The summed E-state index contributed by atoms with van der Waals surface area (Å²) in [6, 6.07) is 12.8. The Hall–Kier alpha value is -3.81. The van der Waals surface area contributed by atoms with Crippen molar-refractivity contribution in [2.75, 3.05) is 11.9 Å². The Labute approximate surface area is 161 Å². The zero-order valence-electron chi connectivity index (χ0n) is 15.3. The summed E-state index contributed by atoms with van der Waals surface area (Å²) in [5.74, 6) is -0.327. The second-order valence-corrected chi connectivity index (χ2v) is 6.14. The lowest BCUT2D eigenvalue weighted by atomic mass is 10.1. The van der Waals surface area contributed by atoms with Crippen molar-refractivity contribution in [2.45, 2.75) is 13.5 Å². The highest BCUT2D eigenvalue weighted by Crippen LogP contribution is 2.31. The van der Waals surface area contributed by atoms with Crippen molar-refractivity contribution >= 4 is 17.7 Å². The topological polar surface area (TPSA) is 119 Å². The lowest BCUT2D eigenvalue weighted by Gasteiger charge is -2.13. The molecule has 0 saturated carbocycles. The van der Waals surface area contributed by atoms with Crippen LogP contribution in [-0.2, 0) is 16.1 Å². The molecular formula is C20H20N4O4. The van der Waals surface area contributed by atoms with Crippen molar-refractivity contribution < 1.29 is 19.1 Å². The second-order valence-electron chi connectivity index (χ2n) is 6.14. The van der Waals surface area contributed by atoms with E-state index in [0.29, 0.717) is 11.4 Å². The number of ether oxygens (including phenoxy) is 2. The number of aromatic nitrogens is 2. The first-order chi connectivity index (χ1) is 13.5. The molecule has 1 heterocycles. The Bertz CT molecular complexity index is 970. The van der Waals surface area contributed by atoms with Gasteiger partial charge in [-0.05, 0) is 30.2 Å². The van der Waals surface area contributed by atoms with Gasteiger partial charge in [-0.1, -0.05) is 35.9 Å². The first-order valence-electron chi connectivity index (χ1n) is 8.55. The predicted octanol–water partition coefficient (Wildman–Crippen LogP) is 3.00. The van der Waals surface area contributed by atoms with Crippen molar-refractivity contribution in [2.24, 2.45) is 5.73 Å². The molecule has 8 nitrogen and oxygen atoms in total. The highest BCUT2D eigenvalue weighted by Gasteiger charge is 2.12. The van der Waals surface area contributed by atoms with Crippen LogP contribution in [0.3, 0.4) is 0 Å². The molecule has 3 aromatic rings. The van der Waals surface area contributed by atoms with E-state index in [1.807, 2.05) is 31.2 Å². The van der Waals surface area contributed by atoms with E-state index in [1.165, 1.54) is 0 Å². The van der Waals surface area contributed by atoms with Crippen molar-refractivity contribution in [3.05, 3.63) is 66.0 Å². The van der Waals surface area contributed by atoms with E-state index >= 15 is 0 Å². The molecule has 4 N–H and O–H groups in total. The van der Waals surface area contributed by atoms with Crippen LogP contribution in [0.1, 0.15) is 11.1 Å². The van der Waals surface area contributed by atoms with Gasteiger partial charge in [-0.3, -0.25) is 15.2 Å². The summed E-state index contributed by atoms with van der Waals surface area (Å²) in [6.07, 6.45) is 2.73. The van der Waals surface area contributed by atoms with Crippen LogP contribution in [0.2, 0.25) is 0 Å². The molecule has 2 amide bonds.